The van der Waals surface area contributed by atoms with Gasteiger partial charge in [-0.2, -0.15) is 0 Å². The van der Waals surface area contributed by atoms with Gasteiger partial charge in [-0.25, -0.2) is 0 Å². The van der Waals surface area contributed by atoms with Crippen molar-refractivity contribution in [2.75, 3.05) is 31.1 Å². The molecule has 1 atom stereocenters. The Balaban J connectivity index is 1.49. The van der Waals surface area contributed by atoms with Gasteiger partial charge in [0.1, 0.15) is 0 Å². The van der Waals surface area contributed by atoms with Crippen LogP contribution in [0.15, 0.2) is 54.6 Å². The Hall–Kier alpha value is -2.33. The summed E-state index contributed by atoms with van der Waals surface area (Å²) in [5, 5.41) is 3.05. The number of anilines is 1. The van der Waals surface area contributed by atoms with Gasteiger partial charge in [0.05, 0.1) is 6.04 Å². The zero-order chi connectivity index (χ0) is 17.6. The van der Waals surface area contributed by atoms with Crippen LogP contribution in [0.1, 0.15) is 18.1 Å². The van der Waals surface area contributed by atoms with Crippen LogP contribution < -0.4 is 10.2 Å². The molecule has 0 aromatic heterocycles. The number of carbonyl (C=O) groups excluding carboxylic acids is 1. The molecule has 1 aliphatic rings. The predicted octanol–water partition coefficient (Wildman–Crippen LogP) is 2.82. The maximum Gasteiger partial charge on any atom is 0.237 e. The Morgan fingerprint density at radius 2 is 1.76 bits per heavy atom. The van der Waals surface area contributed by atoms with Crippen molar-refractivity contribution >= 4 is 11.6 Å². The summed E-state index contributed by atoms with van der Waals surface area (Å²) in [7, 11) is 0. The molecule has 1 saturated heterocycles. The topological polar surface area (TPSA) is 35.6 Å². The molecule has 1 heterocycles. The summed E-state index contributed by atoms with van der Waals surface area (Å²) in [5.74, 6) is 0.104. The second-order valence-electron chi connectivity index (χ2n) is 6.74. The van der Waals surface area contributed by atoms with Gasteiger partial charge >= 0.3 is 0 Å². The highest BCUT2D eigenvalue weighted by molar-refractivity contribution is 5.81. The van der Waals surface area contributed by atoms with Crippen LogP contribution in [0.25, 0.3) is 0 Å². The summed E-state index contributed by atoms with van der Waals surface area (Å²) >= 11 is 0. The van der Waals surface area contributed by atoms with E-state index >= 15 is 0 Å². The van der Waals surface area contributed by atoms with E-state index < -0.39 is 0 Å². The molecule has 0 spiro atoms. The number of aryl methyl sites for hydroxylation is 1. The molecule has 25 heavy (non-hydrogen) atoms. The summed E-state index contributed by atoms with van der Waals surface area (Å²) in [6, 6.07) is 18.6. The van der Waals surface area contributed by atoms with Gasteiger partial charge in [-0.3, -0.25) is 9.69 Å². The van der Waals surface area contributed by atoms with Gasteiger partial charge in [0, 0.05) is 38.4 Å². The number of hydrogen-bond acceptors (Lipinski definition) is 3. The highest BCUT2D eigenvalue weighted by atomic mass is 16.2. The first-order valence-corrected chi connectivity index (χ1v) is 9.01. The minimum Gasteiger partial charge on any atom is -0.369 e. The molecule has 0 bridgehead atoms. The number of amides is 1. The van der Waals surface area contributed by atoms with E-state index in [0.717, 1.165) is 31.7 Å². The Morgan fingerprint density at radius 1 is 1.04 bits per heavy atom. The summed E-state index contributed by atoms with van der Waals surface area (Å²) in [6.07, 6.45) is 0. The number of benzene rings is 2. The van der Waals surface area contributed by atoms with E-state index in [1.807, 2.05) is 37.3 Å². The Bertz CT molecular complexity index is 693. The third-order valence-corrected chi connectivity index (χ3v) is 4.92. The van der Waals surface area contributed by atoms with E-state index in [9.17, 15) is 4.79 Å². The summed E-state index contributed by atoms with van der Waals surface area (Å²) in [4.78, 5) is 17.1. The molecule has 2 aromatic carbocycles. The minimum atomic E-state index is -0.0941. The molecule has 132 valence electrons. The Labute approximate surface area is 150 Å². The van der Waals surface area contributed by atoms with E-state index in [0.29, 0.717) is 6.54 Å². The summed E-state index contributed by atoms with van der Waals surface area (Å²) in [5.41, 5.74) is 3.70. The van der Waals surface area contributed by atoms with Crippen LogP contribution >= 0.6 is 0 Å². The van der Waals surface area contributed by atoms with Crippen molar-refractivity contribution in [3.05, 3.63) is 65.7 Å². The average molecular weight is 337 g/mol. The van der Waals surface area contributed by atoms with Crippen molar-refractivity contribution in [1.82, 2.24) is 10.2 Å². The fourth-order valence-electron chi connectivity index (χ4n) is 3.29. The van der Waals surface area contributed by atoms with E-state index in [2.05, 4.69) is 46.3 Å². The van der Waals surface area contributed by atoms with Crippen molar-refractivity contribution in [3.63, 3.8) is 0 Å². The number of hydrogen-bond donors (Lipinski definition) is 1. The highest BCUT2D eigenvalue weighted by Gasteiger charge is 2.25. The first-order chi connectivity index (χ1) is 12.1. The van der Waals surface area contributed by atoms with Crippen LogP contribution in [-0.4, -0.2) is 43.0 Å². The Morgan fingerprint density at radius 3 is 2.44 bits per heavy atom. The lowest BCUT2D eigenvalue weighted by Gasteiger charge is -2.38. The van der Waals surface area contributed by atoms with Crippen molar-refractivity contribution in [2.45, 2.75) is 26.4 Å². The summed E-state index contributed by atoms with van der Waals surface area (Å²) < 4.78 is 0. The van der Waals surface area contributed by atoms with Gasteiger partial charge in [0.2, 0.25) is 5.91 Å². The Kier molecular flexibility index (Phi) is 5.71. The van der Waals surface area contributed by atoms with Gasteiger partial charge in [0.25, 0.3) is 0 Å². The van der Waals surface area contributed by atoms with Crippen LogP contribution in [0.2, 0.25) is 0 Å². The number of rotatable bonds is 5. The molecule has 3 rings (SSSR count). The molecule has 1 unspecified atom stereocenters. The van der Waals surface area contributed by atoms with Crippen molar-refractivity contribution in [2.24, 2.45) is 0 Å². The molecule has 1 N–H and O–H groups in total. The van der Waals surface area contributed by atoms with Gasteiger partial charge in [-0.05, 0) is 37.1 Å². The third kappa shape index (κ3) is 4.60. The first kappa shape index (κ1) is 17.5. The average Bonchev–Trinajstić information content (AvgIpc) is 2.66. The lowest BCUT2D eigenvalue weighted by molar-refractivity contribution is -0.126. The SMILES string of the molecule is Cc1cccc(N2CCN(C(C)C(=O)NCc3ccccc3)CC2)c1. The van der Waals surface area contributed by atoms with Crippen molar-refractivity contribution in [1.29, 1.82) is 0 Å². The monoisotopic (exact) mass is 337 g/mol. The predicted molar refractivity (Wildman–Crippen MR) is 103 cm³/mol. The summed E-state index contributed by atoms with van der Waals surface area (Å²) in [6.45, 7) is 8.45. The van der Waals surface area contributed by atoms with Crippen LogP contribution in [0, 0.1) is 6.92 Å². The van der Waals surface area contributed by atoms with Gasteiger partial charge in [-0.1, -0.05) is 42.5 Å². The molecule has 2 aromatic rings. The van der Waals surface area contributed by atoms with Crippen LogP contribution in [0.4, 0.5) is 5.69 Å². The van der Waals surface area contributed by atoms with Gasteiger partial charge < -0.3 is 10.2 Å². The number of nitrogens with one attached hydrogen (secondary N) is 1. The normalized spacial score (nSPS) is 16.5. The lowest BCUT2D eigenvalue weighted by Crippen LogP contribution is -2.53. The van der Waals surface area contributed by atoms with Crippen LogP contribution in [0.3, 0.4) is 0 Å². The standard InChI is InChI=1S/C21H27N3O/c1-17-7-6-10-20(15-17)24-13-11-23(12-14-24)18(2)21(25)22-16-19-8-4-3-5-9-19/h3-10,15,18H,11-14,16H2,1-2H3,(H,22,25). The zero-order valence-electron chi connectivity index (χ0n) is 15.1. The molecular weight excluding hydrogens is 310 g/mol. The molecule has 4 heteroatoms. The molecule has 4 nitrogen and oxygen atoms in total. The largest absolute Gasteiger partial charge is 0.369 e. The van der Waals surface area contributed by atoms with E-state index in [1.54, 1.807) is 0 Å². The highest BCUT2D eigenvalue weighted by Crippen LogP contribution is 2.18. The minimum absolute atomic E-state index is 0.0941. The second kappa shape index (κ2) is 8.17. The maximum atomic E-state index is 12.4. The molecule has 0 saturated carbocycles. The molecule has 1 fully saturated rings. The fourth-order valence-corrected chi connectivity index (χ4v) is 3.29. The van der Waals surface area contributed by atoms with Crippen LogP contribution in [0.5, 0.6) is 0 Å². The molecule has 0 aliphatic carbocycles. The second-order valence-corrected chi connectivity index (χ2v) is 6.74. The third-order valence-electron chi connectivity index (χ3n) is 4.92. The van der Waals surface area contributed by atoms with Crippen molar-refractivity contribution < 1.29 is 4.79 Å². The quantitative estimate of drug-likeness (QED) is 0.911. The maximum absolute atomic E-state index is 12.4. The molecule has 1 aliphatic heterocycles. The lowest BCUT2D eigenvalue weighted by atomic mass is 10.1. The van der Waals surface area contributed by atoms with Crippen LogP contribution in [-0.2, 0) is 11.3 Å². The zero-order valence-corrected chi connectivity index (χ0v) is 15.1. The molecule has 1 amide bonds. The number of piperazine rings is 1. The smallest absolute Gasteiger partial charge is 0.237 e. The molecule has 0 radical (unpaired) electrons. The number of carbonyl (C=O) groups is 1. The van der Waals surface area contributed by atoms with E-state index in [1.165, 1.54) is 11.3 Å². The number of nitrogens with zero attached hydrogens (tertiary/aromatic N) is 2. The van der Waals surface area contributed by atoms with Crippen molar-refractivity contribution in [3.8, 4) is 0 Å². The fraction of sp³-hybridized carbons (Fsp3) is 0.381. The first-order valence-electron chi connectivity index (χ1n) is 9.01. The van der Waals surface area contributed by atoms with E-state index in [-0.39, 0.29) is 11.9 Å². The van der Waals surface area contributed by atoms with Gasteiger partial charge in [-0.15, -0.1) is 0 Å². The van der Waals surface area contributed by atoms with E-state index in [4.69, 9.17) is 0 Å². The molecular formula is C21H27N3O. The van der Waals surface area contributed by atoms with Gasteiger partial charge in [0.15, 0.2) is 0 Å².